The molecular weight excluding hydrogens is 294 g/mol. The number of carbonyl (C=O) groups is 1. The smallest absolute Gasteiger partial charge is 0.282 e. The number of para-hydroxylation sites is 1. The number of hydrogen-bond donors (Lipinski definition) is 4. The van der Waals surface area contributed by atoms with Crippen molar-refractivity contribution in [2.24, 2.45) is 15.6 Å². The van der Waals surface area contributed by atoms with Crippen molar-refractivity contribution >= 4 is 22.5 Å². The fourth-order valence-corrected chi connectivity index (χ4v) is 2.67. The number of rotatable bonds is 2. The quantitative estimate of drug-likeness (QED) is 0.640. The van der Waals surface area contributed by atoms with Gasteiger partial charge >= 0.3 is 0 Å². The molecule has 2 unspecified atom stereocenters. The monoisotopic (exact) mass is 315 g/mol. The van der Waals surface area contributed by atoms with Crippen LogP contribution < -0.4 is 10.9 Å². The van der Waals surface area contributed by atoms with Gasteiger partial charge in [0, 0.05) is 11.4 Å². The first-order valence-corrected chi connectivity index (χ1v) is 7.62. The molecule has 2 heterocycles. The van der Waals surface area contributed by atoms with Crippen molar-refractivity contribution in [2.75, 3.05) is 0 Å². The number of nitrogens with one attached hydrogen (secondary N) is 3. The lowest BCUT2D eigenvalue weighted by atomic mass is 9.84. The van der Waals surface area contributed by atoms with Crippen molar-refractivity contribution in [1.29, 1.82) is 0 Å². The molecule has 7 heteroatoms. The first kappa shape index (κ1) is 15.6. The van der Waals surface area contributed by atoms with Crippen LogP contribution in [-0.2, 0) is 4.79 Å². The zero-order chi connectivity index (χ0) is 16.6. The van der Waals surface area contributed by atoms with Crippen molar-refractivity contribution in [3.05, 3.63) is 24.3 Å². The maximum atomic E-state index is 12.2. The van der Waals surface area contributed by atoms with E-state index in [0.717, 1.165) is 10.9 Å². The Kier molecular flexibility index (Phi) is 3.91. The molecule has 7 nitrogen and oxygen atoms in total. The second-order valence-electron chi connectivity index (χ2n) is 6.90. The fraction of sp³-hybridized carbons (Fsp3) is 0.438. The van der Waals surface area contributed by atoms with E-state index < -0.39 is 6.04 Å². The highest BCUT2D eigenvalue weighted by atomic mass is 16.3. The van der Waals surface area contributed by atoms with Gasteiger partial charge in [0.15, 0.2) is 5.69 Å². The Labute approximate surface area is 134 Å². The molecular formula is C16H21N5O2. The Morgan fingerprint density at radius 2 is 2.00 bits per heavy atom. The first-order chi connectivity index (χ1) is 10.9. The summed E-state index contributed by atoms with van der Waals surface area (Å²) < 4.78 is 0. The summed E-state index contributed by atoms with van der Waals surface area (Å²) >= 11 is 0. The maximum absolute atomic E-state index is 12.2. The highest BCUT2D eigenvalue weighted by Gasteiger charge is 2.35. The minimum absolute atomic E-state index is 0.0499. The fourth-order valence-electron chi connectivity index (χ4n) is 2.67. The standard InChI is InChI=1S/C16H21N5O2/c1-16(2,3)12-8-11(18-19-12)14(22)21-20-13-9-6-4-5-7-10(9)17-15(13)23/h4-7,11-12,17-19,23H,8H2,1-3H3. The average Bonchev–Trinajstić information content (AvgIpc) is 3.09. The number of benzene rings is 1. The lowest BCUT2D eigenvalue weighted by molar-refractivity contribution is -0.120. The van der Waals surface area contributed by atoms with E-state index >= 15 is 0 Å². The SMILES string of the molecule is CC(C)(C)C1CC(C(=O)N=Nc2c(O)[nH]c3ccccc23)NN1. The summed E-state index contributed by atoms with van der Waals surface area (Å²) in [5.74, 6) is -0.443. The summed E-state index contributed by atoms with van der Waals surface area (Å²) in [6.07, 6.45) is 0.654. The van der Waals surface area contributed by atoms with Crippen LogP contribution >= 0.6 is 0 Å². The van der Waals surface area contributed by atoms with E-state index in [-0.39, 0.29) is 28.9 Å². The highest BCUT2D eigenvalue weighted by Crippen LogP contribution is 2.35. The molecule has 0 bridgehead atoms. The second kappa shape index (κ2) is 5.75. The Morgan fingerprint density at radius 3 is 2.70 bits per heavy atom. The molecule has 2 atom stereocenters. The van der Waals surface area contributed by atoms with Gasteiger partial charge in [0.2, 0.25) is 5.88 Å². The third-order valence-electron chi connectivity index (χ3n) is 4.15. The summed E-state index contributed by atoms with van der Waals surface area (Å²) in [4.78, 5) is 15.0. The van der Waals surface area contributed by atoms with Gasteiger partial charge in [-0.3, -0.25) is 10.2 Å². The summed E-state index contributed by atoms with van der Waals surface area (Å²) in [6, 6.07) is 7.11. The van der Waals surface area contributed by atoms with Gasteiger partial charge in [0.25, 0.3) is 5.91 Å². The predicted octanol–water partition coefficient (Wildman–Crippen LogP) is 2.76. The van der Waals surface area contributed by atoms with Crippen LogP contribution in [0, 0.1) is 5.41 Å². The molecule has 1 aromatic carbocycles. The zero-order valence-corrected chi connectivity index (χ0v) is 13.4. The molecule has 0 aliphatic carbocycles. The van der Waals surface area contributed by atoms with Gasteiger partial charge < -0.3 is 10.1 Å². The maximum Gasteiger partial charge on any atom is 0.282 e. The van der Waals surface area contributed by atoms with Crippen molar-refractivity contribution in [3.8, 4) is 5.88 Å². The molecule has 4 N–H and O–H groups in total. The molecule has 2 aromatic rings. The van der Waals surface area contributed by atoms with Crippen molar-refractivity contribution in [2.45, 2.75) is 39.3 Å². The van der Waals surface area contributed by atoms with Gasteiger partial charge in [-0.15, -0.1) is 10.2 Å². The molecule has 122 valence electrons. The van der Waals surface area contributed by atoms with Crippen molar-refractivity contribution in [3.63, 3.8) is 0 Å². The molecule has 23 heavy (non-hydrogen) atoms. The van der Waals surface area contributed by atoms with E-state index in [4.69, 9.17) is 0 Å². The van der Waals surface area contributed by atoms with Crippen LogP contribution in [0.2, 0.25) is 0 Å². The Hall–Kier alpha value is -2.25. The normalized spacial score (nSPS) is 22.2. The van der Waals surface area contributed by atoms with Crippen LogP contribution in [0.1, 0.15) is 27.2 Å². The third kappa shape index (κ3) is 3.11. The number of nitrogens with zero attached hydrogens (tertiary/aromatic N) is 2. The van der Waals surface area contributed by atoms with Crippen molar-refractivity contribution < 1.29 is 9.90 Å². The van der Waals surface area contributed by atoms with E-state index in [1.54, 1.807) is 0 Å². The average molecular weight is 315 g/mol. The molecule has 1 aliphatic rings. The summed E-state index contributed by atoms with van der Waals surface area (Å²) in [5, 5.41) is 18.4. The molecule has 1 saturated heterocycles. The lowest BCUT2D eigenvalue weighted by Crippen LogP contribution is -2.40. The lowest BCUT2D eigenvalue weighted by Gasteiger charge is -2.25. The third-order valence-corrected chi connectivity index (χ3v) is 4.15. The van der Waals surface area contributed by atoms with Crippen LogP contribution in [0.4, 0.5) is 5.69 Å². The van der Waals surface area contributed by atoms with Crippen LogP contribution in [0.25, 0.3) is 10.9 Å². The topological polar surface area (TPSA) is 102 Å². The summed E-state index contributed by atoms with van der Waals surface area (Å²) in [5.41, 5.74) is 7.19. The molecule has 0 radical (unpaired) electrons. The van der Waals surface area contributed by atoms with Gasteiger partial charge in [-0.2, -0.15) is 0 Å². The number of aromatic hydroxyl groups is 1. The van der Waals surface area contributed by atoms with E-state index in [1.807, 2.05) is 24.3 Å². The minimum Gasteiger partial charge on any atom is -0.493 e. The van der Waals surface area contributed by atoms with Crippen LogP contribution in [0.15, 0.2) is 34.5 Å². The number of azo groups is 1. The first-order valence-electron chi connectivity index (χ1n) is 7.62. The van der Waals surface area contributed by atoms with Gasteiger partial charge in [0.05, 0.1) is 5.52 Å². The van der Waals surface area contributed by atoms with Gasteiger partial charge in [-0.1, -0.05) is 39.0 Å². The Bertz CT molecular complexity index is 759. The number of hydrazine groups is 1. The van der Waals surface area contributed by atoms with E-state index in [9.17, 15) is 9.90 Å². The number of aromatic nitrogens is 1. The highest BCUT2D eigenvalue weighted by molar-refractivity contribution is 5.94. The van der Waals surface area contributed by atoms with Gasteiger partial charge in [-0.05, 0) is 17.9 Å². The van der Waals surface area contributed by atoms with E-state index in [0.29, 0.717) is 6.42 Å². The molecule has 1 aliphatic heterocycles. The summed E-state index contributed by atoms with van der Waals surface area (Å²) in [7, 11) is 0. The molecule has 1 aromatic heterocycles. The number of hydrogen-bond acceptors (Lipinski definition) is 5. The zero-order valence-electron chi connectivity index (χ0n) is 13.4. The predicted molar refractivity (Wildman–Crippen MR) is 87.4 cm³/mol. The van der Waals surface area contributed by atoms with E-state index in [2.05, 4.69) is 46.8 Å². The molecule has 0 spiro atoms. The van der Waals surface area contributed by atoms with Crippen LogP contribution in [-0.4, -0.2) is 28.1 Å². The van der Waals surface area contributed by atoms with Crippen LogP contribution in [0.5, 0.6) is 5.88 Å². The Morgan fingerprint density at radius 1 is 1.26 bits per heavy atom. The number of fused-ring (bicyclic) bond motifs is 1. The number of carbonyl (C=O) groups excluding carboxylic acids is 1. The van der Waals surface area contributed by atoms with E-state index in [1.165, 1.54) is 0 Å². The van der Waals surface area contributed by atoms with Gasteiger partial charge in [-0.25, -0.2) is 5.43 Å². The largest absolute Gasteiger partial charge is 0.493 e. The molecule has 1 amide bonds. The minimum atomic E-state index is -0.407. The number of aromatic amines is 1. The van der Waals surface area contributed by atoms with Crippen LogP contribution in [0.3, 0.4) is 0 Å². The van der Waals surface area contributed by atoms with Gasteiger partial charge in [0.1, 0.15) is 6.04 Å². The molecule has 3 rings (SSSR count). The Balaban J connectivity index is 1.75. The number of H-pyrrole nitrogens is 1. The molecule has 1 fully saturated rings. The summed E-state index contributed by atoms with van der Waals surface area (Å²) in [6.45, 7) is 6.35. The van der Waals surface area contributed by atoms with Crippen molar-refractivity contribution in [1.82, 2.24) is 15.8 Å². The molecule has 0 saturated carbocycles. The second-order valence-corrected chi connectivity index (χ2v) is 6.90. The number of amides is 1.